The Bertz CT molecular complexity index is 476. The zero-order valence-electron chi connectivity index (χ0n) is 10.9. The molecule has 1 N–H and O–H groups in total. The van der Waals surface area contributed by atoms with Crippen LogP contribution in [0, 0.1) is 0 Å². The van der Waals surface area contributed by atoms with Crippen LogP contribution in [0.25, 0.3) is 0 Å². The van der Waals surface area contributed by atoms with Crippen molar-refractivity contribution < 1.29 is 19.4 Å². The molecule has 1 rings (SSSR count). The summed E-state index contributed by atoms with van der Waals surface area (Å²) >= 11 is 3.31. The van der Waals surface area contributed by atoms with E-state index in [1.165, 1.54) is 12.0 Å². The van der Waals surface area contributed by atoms with E-state index in [0.717, 1.165) is 4.47 Å². The Morgan fingerprint density at radius 1 is 1.42 bits per heavy atom. The molecule has 0 spiro atoms. The van der Waals surface area contributed by atoms with Gasteiger partial charge in [0.15, 0.2) is 0 Å². The van der Waals surface area contributed by atoms with E-state index in [2.05, 4.69) is 15.9 Å². The third-order valence-electron chi connectivity index (χ3n) is 2.62. The van der Waals surface area contributed by atoms with Gasteiger partial charge in [0.25, 0.3) is 5.91 Å². The molecule has 0 bridgehead atoms. The molecule has 6 heteroatoms. The largest absolute Gasteiger partial charge is 0.496 e. The number of carboxylic acids is 1. The van der Waals surface area contributed by atoms with Crippen LogP contribution < -0.4 is 4.74 Å². The second kappa shape index (κ2) is 7.13. The molecule has 0 unspecified atom stereocenters. The predicted molar refractivity (Wildman–Crippen MR) is 74.5 cm³/mol. The monoisotopic (exact) mass is 329 g/mol. The summed E-state index contributed by atoms with van der Waals surface area (Å²) in [6.07, 6.45) is 0.478. The van der Waals surface area contributed by atoms with Gasteiger partial charge in [-0.15, -0.1) is 0 Å². The third kappa shape index (κ3) is 4.55. The number of nitrogens with zero attached hydrogens (tertiary/aromatic N) is 1. The lowest BCUT2D eigenvalue weighted by atomic mass is 10.1. The minimum absolute atomic E-state index is 0.0507. The number of carbonyl (C=O) groups is 2. The summed E-state index contributed by atoms with van der Waals surface area (Å²) in [6, 6.07) is 5.16. The first-order valence-electron chi connectivity index (χ1n) is 5.76. The van der Waals surface area contributed by atoms with Gasteiger partial charge >= 0.3 is 5.97 Å². The zero-order valence-corrected chi connectivity index (χ0v) is 12.4. The van der Waals surface area contributed by atoms with E-state index in [4.69, 9.17) is 9.84 Å². The number of carboxylic acid groups (broad SMARTS) is 1. The van der Waals surface area contributed by atoms with Crippen molar-refractivity contribution in [1.82, 2.24) is 4.90 Å². The van der Waals surface area contributed by atoms with Gasteiger partial charge in [-0.1, -0.05) is 15.9 Å². The van der Waals surface area contributed by atoms with E-state index >= 15 is 0 Å². The highest BCUT2D eigenvalue weighted by atomic mass is 79.9. The number of benzene rings is 1. The van der Waals surface area contributed by atoms with Gasteiger partial charge in [0, 0.05) is 24.5 Å². The SMILES string of the molecule is COc1cc(Br)ccc1C(=O)N(C)CCCC(=O)O. The summed E-state index contributed by atoms with van der Waals surface area (Å²) in [6.45, 7) is 0.393. The summed E-state index contributed by atoms with van der Waals surface area (Å²) in [4.78, 5) is 24.1. The lowest BCUT2D eigenvalue weighted by Crippen LogP contribution is -2.28. The minimum Gasteiger partial charge on any atom is -0.496 e. The van der Waals surface area contributed by atoms with Crippen LogP contribution in [-0.2, 0) is 4.79 Å². The molecule has 0 radical (unpaired) electrons. The number of rotatable bonds is 6. The van der Waals surface area contributed by atoms with Gasteiger partial charge in [0.2, 0.25) is 0 Å². The molecule has 0 saturated heterocycles. The quantitative estimate of drug-likeness (QED) is 0.870. The van der Waals surface area contributed by atoms with E-state index in [1.54, 1.807) is 25.2 Å². The molecule has 5 nitrogen and oxygen atoms in total. The van der Waals surface area contributed by atoms with Crippen LogP contribution in [0.1, 0.15) is 23.2 Å². The second-order valence-corrected chi connectivity index (χ2v) is 4.98. The van der Waals surface area contributed by atoms with Crippen molar-refractivity contribution >= 4 is 27.8 Å². The molecule has 1 aromatic carbocycles. The van der Waals surface area contributed by atoms with Gasteiger partial charge in [-0.2, -0.15) is 0 Å². The standard InChI is InChI=1S/C13H16BrNO4/c1-15(7-3-4-12(16)17)13(18)10-6-5-9(14)8-11(10)19-2/h5-6,8H,3-4,7H2,1-2H3,(H,16,17). The molecule has 0 aliphatic carbocycles. The predicted octanol–water partition coefficient (Wildman–Crippen LogP) is 2.39. The molecule has 0 aliphatic heterocycles. The molecule has 19 heavy (non-hydrogen) atoms. The number of carbonyl (C=O) groups excluding carboxylic acids is 1. The van der Waals surface area contributed by atoms with Gasteiger partial charge in [-0.05, 0) is 24.6 Å². The number of amides is 1. The highest BCUT2D eigenvalue weighted by molar-refractivity contribution is 9.10. The number of halogens is 1. The lowest BCUT2D eigenvalue weighted by molar-refractivity contribution is -0.137. The Morgan fingerprint density at radius 3 is 2.68 bits per heavy atom. The first-order valence-corrected chi connectivity index (χ1v) is 6.55. The van der Waals surface area contributed by atoms with Crippen LogP contribution in [0.3, 0.4) is 0 Å². The summed E-state index contributed by atoms with van der Waals surface area (Å²) in [5.41, 5.74) is 0.462. The topological polar surface area (TPSA) is 66.8 Å². The number of methoxy groups -OCH3 is 1. The van der Waals surface area contributed by atoms with E-state index < -0.39 is 5.97 Å². The molecule has 1 amide bonds. The Balaban J connectivity index is 2.73. The van der Waals surface area contributed by atoms with Crippen molar-refractivity contribution in [2.45, 2.75) is 12.8 Å². The highest BCUT2D eigenvalue weighted by Gasteiger charge is 2.16. The summed E-state index contributed by atoms with van der Waals surface area (Å²) in [5, 5.41) is 8.57. The summed E-state index contributed by atoms with van der Waals surface area (Å²) in [5.74, 6) is -0.554. The molecule has 0 fully saturated rings. The van der Waals surface area contributed by atoms with Crippen LogP contribution in [0.5, 0.6) is 5.75 Å². The van der Waals surface area contributed by atoms with Crippen molar-refractivity contribution in [2.75, 3.05) is 20.7 Å². The van der Waals surface area contributed by atoms with Crippen molar-refractivity contribution in [3.63, 3.8) is 0 Å². The zero-order chi connectivity index (χ0) is 14.4. The fourth-order valence-corrected chi connectivity index (χ4v) is 1.96. The minimum atomic E-state index is -0.859. The maximum Gasteiger partial charge on any atom is 0.303 e. The normalized spacial score (nSPS) is 10.1. The number of aliphatic carboxylic acids is 1. The maximum absolute atomic E-state index is 12.2. The van der Waals surface area contributed by atoms with Gasteiger partial charge in [0.05, 0.1) is 12.7 Å². The van der Waals surface area contributed by atoms with Crippen molar-refractivity contribution in [2.24, 2.45) is 0 Å². The third-order valence-corrected chi connectivity index (χ3v) is 3.12. The molecular formula is C13H16BrNO4. The van der Waals surface area contributed by atoms with E-state index in [0.29, 0.717) is 24.3 Å². The molecule has 0 heterocycles. The van der Waals surface area contributed by atoms with Gasteiger partial charge in [-0.3, -0.25) is 9.59 Å². The van der Waals surface area contributed by atoms with Crippen molar-refractivity contribution in [1.29, 1.82) is 0 Å². The van der Waals surface area contributed by atoms with E-state index in [-0.39, 0.29) is 12.3 Å². The van der Waals surface area contributed by atoms with E-state index in [9.17, 15) is 9.59 Å². The van der Waals surface area contributed by atoms with Crippen LogP contribution in [0.4, 0.5) is 0 Å². The highest BCUT2D eigenvalue weighted by Crippen LogP contribution is 2.24. The molecule has 104 valence electrons. The van der Waals surface area contributed by atoms with Gasteiger partial charge in [-0.25, -0.2) is 0 Å². The van der Waals surface area contributed by atoms with Crippen LogP contribution >= 0.6 is 15.9 Å². The molecule has 0 saturated carbocycles. The first-order chi connectivity index (χ1) is 8.95. The van der Waals surface area contributed by atoms with Crippen LogP contribution in [-0.4, -0.2) is 42.6 Å². The lowest BCUT2D eigenvalue weighted by Gasteiger charge is -2.18. The second-order valence-electron chi connectivity index (χ2n) is 4.07. The first kappa shape index (κ1) is 15.5. The van der Waals surface area contributed by atoms with Crippen LogP contribution in [0.15, 0.2) is 22.7 Å². The molecule has 0 aromatic heterocycles. The Morgan fingerprint density at radius 2 is 2.11 bits per heavy atom. The molecular weight excluding hydrogens is 314 g/mol. The smallest absolute Gasteiger partial charge is 0.303 e. The van der Waals surface area contributed by atoms with Gasteiger partial charge < -0.3 is 14.7 Å². The summed E-state index contributed by atoms with van der Waals surface area (Å²) in [7, 11) is 3.15. The number of ether oxygens (including phenoxy) is 1. The molecule has 0 atom stereocenters. The fraction of sp³-hybridized carbons (Fsp3) is 0.385. The maximum atomic E-state index is 12.2. The molecule has 1 aromatic rings. The summed E-state index contributed by atoms with van der Waals surface area (Å²) < 4.78 is 6.00. The van der Waals surface area contributed by atoms with Crippen molar-refractivity contribution in [3.8, 4) is 5.75 Å². The van der Waals surface area contributed by atoms with Crippen molar-refractivity contribution in [3.05, 3.63) is 28.2 Å². The van der Waals surface area contributed by atoms with Crippen LogP contribution in [0.2, 0.25) is 0 Å². The average Bonchev–Trinajstić information content (AvgIpc) is 2.37. The Kier molecular flexibility index (Phi) is 5.82. The van der Waals surface area contributed by atoms with E-state index in [1.807, 2.05) is 0 Å². The Labute approximate surface area is 120 Å². The fourth-order valence-electron chi connectivity index (χ4n) is 1.62. The van der Waals surface area contributed by atoms with Gasteiger partial charge in [0.1, 0.15) is 5.75 Å². The number of hydrogen-bond donors (Lipinski definition) is 1. The number of hydrogen-bond acceptors (Lipinski definition) is 3. The average molecular weight is 330 g/mol. The Hall–Kier alpha value is -1.56. The molecule has 0 aliphatic rings.